The van der Waals surface area contributed by atoms with Crippen LogP contribution in [0.1, 0.15) is 32.1 Å². The van der Waals surface area contributed by atoms with E-state index >= 15 is 0 Å². The fourth-order valence-electron chi connectivity index (χ4n) is 3.83. The molecule has 12 heavy (non-hydrogen) atoms. The monoisotopic (exact) mass is 165 g/mol. The third-order valence-electron chi connectivity index (χ3n) is 4.07. The summed E-state index contributed by atoms with van der Waals surface area (Å²) in [7, 11) is 0. The van der Waals surface area contributed by atoms with E-state index in [1.807, 2.05) is 0 Å². The third kappa shape index (κ3) is 0.717. The Kier molecular flexibility index (Phi) is 1.13. The van der Waals surface area contributed by atoms with E-state index in [1.165, 1.54) is 6.42 Å². The highest BCUT2D eigenvalue weighted by Crippen LogP contribution is 2.52. The SMILES string of the molecule is NC12CC3CC(CC(C3)C1=O)C2. The molecule has 0 heterocycles. The lowest BCUT2D eigenvalue weighted by atomic mass is 9.52. The number of hydrogen-bond acceptors (Lipinski definition) is 2. The summed E-state index contributed by atoms with van der Waals surface area (Å²) in [5, 5.41) is 0. The molecule has 2 heteroatoms. The fourth-order valence-corrected chi connectivity index (χ4v) is 3.83. The van der Waals surface area contributed by atoms with Gasteiger partial charge in [0, 0.05) is 5.92 Å². The lowest BCUT2D eigenvalue weighted by molar-refractivity contribution is -0.142. The first-order valence-corrected chi connectivity index (χ1v) is 5.00. The van der Waals surface area contributed by atoms with Crippen LogP contribution in [0.15, 0.2) is 0 Å². The second-order valence-corrected chi connectivity index (χ2v) is 5.06. The zero-order chi connectivity index (χ0) is 8.34. The minimum atomic E-state index is -0.380. The van der Waals surface area contributed by atoms with E-state index in [1.54, 1.807) is 0 Å². The van der Waals surface area contributed by atoms with Crippen LogP contribution in [-0.2, 0) is 4.79 Å². The maximum Gasteiger partial charge on any atom is 0.155 e. The molecule has 0 aromatic carbocycles. The van der Waals surface area contributed by atoms with Gasteiger partial charge in [-0.15, -0.1) is 0 Å². The molecule has 4 aliphatic rings. The van der Waals surface area contributed by atoms with Crippen LogP contribution in [0.4, 0.5) is 0 Å². The van der Waals surface area contributed by atoms with Gasteiger partial charge in [-0.2, -0.15) is 0 Å². The van der Waals surface area contributed by atoms with E-state index in [0.717, 1.165) is 37.5 Å². The van der Waals surface area contributed by atoms with Crippen molar-refractivity contribution < 1.29 is 4.79 Å². The van der Waals surface area contributed by atoms with Gasteiger partial charge in [-0.05, 0) is 43.9 Å². The quantitative estimate of drug-likeness (QED) is 0.584. The highest BCUT2D eigenvalue weighted by atomic mass is 16.1. The minimum Gasteiger partial charge on any atom is -0.319 e. The Balaban J connectivity index is 2.02. The number of ketones is 1. The van der Waals surface area contributed by atoms with Gasteiger partial charge >= 0.3 is 0 Å². The maximum atomic E-state index is 11.8. The van der Waals surface area contributed by atoms with Crippen molar-refractivity contribution in [2.75, 3.05) is 0 Å². The molecule has 2 N–H and O–H groups in total. The van der Waals surface area contributed by atoms with Gasteiger partial charge in [0.05, 0.1) is 5.54 Å². The Morgan fingerprint density at radius 3 is 2.25 bits per heavy atom. The van der Waals surface area contributed by atoms with Crippen molar-refractivity contribution in [1.82, 2.24) is 0 Å². The molecule has 4 bridgehead atoms. The summed E-state index contributed by atoms with van der Waals surface area (Å²) in [5.74, 6) is 2.30. The molecule has 4 rings (SSSR count). The Labute approximate surface area is 72.5 Å². The molecule has 0 spiro atoms. The van der Waals surface area contributed by atoms with Gasteiger partial charge in [-0.25, -0.2) is 0 Å². The van der Waals surface area contributed by atoms with Gasteiger partial charge in [0.1, 0.15) is 0 Å². The van der Waals surface area contributed by atoms with Crippen LogP contribution in [0.2, 0.25) is 0 Å². The van der Waals surface area contributed by atoms with E-state index in [0.29, 0.717) is 11.7 Å². The molecule has 4 fully saturated rings. The van der Waals surface area contributed by atoms with Crippen LogP contribution < -0.4 is 5.73 Å². The molecule has 2 nitrogen and oxygen atoms in total. The van der Waals surface area contributed by atoms with Crippen LogP contribution in [0.5, 0.6) is 0 Å². The molecule has 0 amide bonds. The van der Waals surface area contributed by atoms with E-state index < -0.39 is 0 Å². The Morgan fingerprint density at radius 2 is 1.75 bits per heavy atom. The lowest BCUT2D eigenvalue weighted by Gasteiger charge is -2.53. The number of hydrogen-bond donors (Lipinski definition) is 1. The summed E-state index contributed by atoms with van der Waals surface area (Å²) in [6, 6.07) is 0. The molecular formula is C10H15NO. The van der Waals surface area contributed by atoms with Gasteiger partial charge in [-0.3, -0.25) is 4.79 Å². The Bertz CT molecular complexity index is 234. The van der Waals surface area contributed by atoms with E-state index in [2.05, 4.69) is 0 Å². The van der Waals surface area contributed by atoms with Crippen molar-refractivity contribution in [3.8, 4) is 0 Å². The van der Waals surface area contributed by atoms with Gasteiger partial charge in [0.15, 0.2) is 5.78 Å². The summed E-state index contributed by atoms with van der Waals surface area (Å²) in [4.78, 5) is 11.8. The zero-order valence-corrected chi connectivity index (χ0v) is 7.25. The molecule has 66 valence electrons. The Morgan fingerprint density at radius 1 is 1.17 bits per heavy atom. The average molecular weight is 165 g/mol. The predicted octanol–water partition coefficient (Wildman–Crippen LogP) is 1.09. The Hall–Kier alpha value is -0.370. The van der Waals surface area contributed by atoms with Crippen molar-refractivity contribution in [3.63, 3.8) is 0 Å². The van der Waals surface area contributed by atoms with Crippen LogP contribution in [0.25, 0.3) is 0 Å². The molecular weight excluding hydrogens is 150 g/mol. The fraction of sp³-hybridized carbons (Fsp3) is 0.900. The average Bonchev–Trinajstić information content (AvgIpc) is 1.98. The van der Waals surface area contributed by atoms with Crippen molar-refractivity contribution in [3.05, 3.63) is 0 Å². The molecule has 2 unspecified atom stereocenters. The van der Waals surface area contributed by atoms with Crippen LogP contribution in [0.3, 0.4) is 0 Å². The standard InChI is InChI=1S/C10H15NO/c11-10-4-6-1-7(5-10)3-8(2-6)9(10)12/h6-8H,1-5,11H2. The zero-order valence-electron chi connectivity index (χ0n) is 7.25. The summed E-state index contributed by atoms with van der Waals surface area (Å²) < 4.78 is 0. The molecule has 0 saturated heterocycles. The van der Waals surface area contributed by atoms with Gasteiger partial charge in [0.25, 0.3) is 0 Å². The van der Waals surface area contributed by atoms with Crippen molar-refractivity contribution in [2.24, 2.45) is 23.5 Å². The largest absolute Gasteiger partial charge is 0.319 e. The van der Waals surface area contributed by atoms with Gasteiger partial charge in [0.2, 0.25) is 0 Å². The number of Topliss-reactive ketones (excluding diaryl/α,β-unsaturated/α-hetero) is 1. The maximum absolute atomic E-state index is 11.8. The van der Waals surface area contributed by atoms with Crippen molar-refractivity contribution in [2.45, 2.75) is 37.6 Å². The molecule has 0 aliphatic heterocycles. The second kappa shape index (κ2) is 1.92. The second-order valence-electron chi connectivity index (χ2n) is 5.06. The van der Waals surface area contributed by atoms with E-state index in [-0.39, 0.29) is 5.54 Å². The van der Waals surface area contributed by atoms with Crippen LogP contribution in [0, 0.1) is 17.8 Å². The molecule has 0 radical (unpaired) electrons. The normalized spacial score (nSPS) is 56.4. The van der Waals surface area contributed by atoms with Gasteiger partial charge < -0.3 is 5.73 Å². The topological polar surface area (TPSA) is 43.1 Å². The first kappa shape index (κ1) is 7.07. The minimum absolute atomic E-state index is 0.348. The van der Waals surface area contributed by atoms with Crippen molar-refractivity contribution >= 4 is 5.78 Å². The smallest absolute Gasteiger partial charge is 0.155 e. The highest BCUT2D eigenvalue weighted by molar-refractivity contribution is 5.92. The summed E-state index contributed by atoms with van der Waals surface area (Å²) in [6.07, 6.45) is 5.61. The lowest BCUT2D eigenvalue weighted by Crippen LogP contribution is -2.62. The van der Waals surface area contributed by atoms with E-state index in [4.69, 9.17) is 5.73 Å². The number of carbonyl (C=O) groups excluding carboxylic acids is 1. The van der Waals surface area contributed by atoms with Crippen molar-refractivity contribution in [1.29, 1.82) is 0 Å². The van der Waals surface area contributed by atoms with Crippen LogP contribution >= 0.6 is 0 Å². The summed E-state index contributed by atoms with van der Waals surface area (Å²) >= 11 is 0. The van der Waals surface area contributed by atoms with E-state index in [9.17, 15) is 4.79 Å². The summed E-state index contributed by atoms with van der Waals surface area (Å²) in [5.41, 5.74) is 5.73. The molecule has 4 saturated carbocycles. The highest BCUT2D eigenvalue weighted by Gasteiger charge is 2.54. The number of nitrogens with two attached hydrogens (primary N) is 1. The first-order chi connectivity index (χ1) is 5.67. The number of rotatable bonds is 0. The molecule has 0 aromatic heterocycles. The molecule has 0 aromatic rings. The predicted molar refractivity (Wildman–Crippen MR) is 45.5 cm³/mol. The molecule has 2 atom stereocenters. The summed E-state index contributed by atoms with van der Waals surface area (Å²) in [6.45, 7) is 0. The van der Waals surface area contributed by atoms with Crippen LogP contribution in [-0.4, -0.2) is 11.3 Å². The number of carbonyl (C=O) groups is 1. The van der Waals surface area contributed by atoms with Gasteiger partial charge in [-0.1, -0.05) is 0 Å². The molecule has 4 aliphatic carbocycles. The third-order valence-corrected chi connectivity index (χ3v) is 4.07. The first-order valence-electron chi connectivity index (χ1n) is 5.00.